The van der Waals surface area contributed by atoms with Crippen molar-refractivity contribution in [2.45, 2.75) is 12.7 Å². The fraction of sp³-hybridized carbons (Fsp3) is 0.0741. The van der Waals surface area contributed by atoms with Crippen molar-refractivity contribution in [3.05, 3.63) is 117 Å². The minimum atomic E-state index is -4.42. The Morgan fingerprint density at radius 2 is 1.59 bits per heavy atom. The Labute approximate surface area is 203 Å². The van der Waals surface area contributed by atoms with E-state index >= 15 is 0 Å². The van der Waals surface area contributed by atoms with Gasteiger partial charge in [-0.05, 0) is 58.3 Å². The normalized spacial score (nSPS) is 12.4. The maximum Gasteiger partial charge on any atom is 0.416 e. The van der Waals surface area contributed by atoms with E-state index in [4.69, 9.17) is 11.6 Å². The first-order chi connectivity index (χ1) is 16.4. The van der Waals surface area contributed by atoms with Crippen LogP contribution in [0, 0.1) is 0 Å². The van der Waals surface area contributed by atoms with E-state index in [0.29, 0.717) is 16.4 Å². The van der Waals surface area contributed by atoms with Gasteiger partial charge in [0.1, 0.15) is 0 Å². The minimum absolute atomic E-state index is 0.256. The zero-order chi connectivity index (χ0) is 23.7. The molecule has 0 bridgehead atoms. The molecule has 0 atom stereocenters. The van der Waals surface area contributed by atoms with Crippen molar-refractivity contribution in [1.29, 1.82) is 0 Å². The summed E-state index contributed by atoms with van der Waals surface area (Å²) in [6.45, 7) is 0.501. The molecule has 0 fully saturated rings. The van der Waals surface area contributed by atoms with E-state index in [9.17, 15) is 13.2 Å². The van der Waals surface area contributed by atoms with Crippen molar-refractivity contribution >= 4 is 39.4 Å². The van der Waals surface area contributed by atoms with Crippen LogP contribution >= 0.6 is 22.9 Å². The van der Waals surface area contributed by atoms with E-state index in [0.717, 1.165) is 39.7 Å². The molecule has 0 saturated carbocycles. The summed E-state index contributed by atoms with van der Waals surface area (Å²) in [4.78, 5) is 5.20. The Bertz CT molecular complexity index is 1530. The summed E-state index contributed by atoms with van der Waals surface area (Å²) in [6.07, 6.45) is -4.42. The molecule has 5 rings (SSSR count). The van der Waals surface area contributed by atoms with Crippen LogP contribution in [0.25, 0.3) is 22.0 Å². The molecule has 0 unspecified atom stereocenters. The van der Waals surface area contributed by atoms with E-state index in [2.05, 4.69) is 35.3 Å². The maximum atomic E-state index is 13.2. The molecule has 0 aliphatic heterocycles. The SMILES string of the molecule is FC(F)(F)c1cccc(N=c2scc(-c3ccc4ccccc4c3)n2Cc2ccc(Cl)cc2)c1. The fourth-order valence-corrected chi connectivity index (χ4v) is 4.84. The highest BCUT2D eigenvalue weighted by molar-refractivity contribution is 7.07. The average molecular weight is 495 g/mol. The Morgan fingerprint density at radius 1 is 0.824 bits per heavy atom. The molecule has 0 N–H and O–H groups in total. The molecule has 0 spiro atoms. The van der Waals surface area contributed by atoms with Crippen LogP contribution in [-0.4, -0.2) is 4.57 Å². The van der Waals surface area contributed by atoms with E-state index in [-0.39, 0.29) is 5.69 Å². The van der Waals surface area contributed by atoms with Gasteiger partial charge >= 0.3 is 6.18 Å². The van der Waals surface area contributed by atoms with Crippen LogP contribution in [0.1, 0.15) is 11.1 Å². The zero-order valence-electron chi connectivity index (χ0n) is 17.8. The van der Waals surface area contributed by atoms with Crippen molar-refractivity contribution in [3.8, 4) is 11.3 Å². The number of hydrogen-bond acceptors (Lipinski definition) is 2. The van der Waals surface area contributed by atoms with Gasteiger partial charge in [0.2, 0.25) is 0 Å². The molecule has 0 saturated heterocycles. The first-order valence-electron chi connectivity index (χ1n) is 10.5. The van der Waals surface area contributed by atoms with Gasteiger partial charge in [-0.15, -0.1) is 11.3 Å². The highest BCUT2D eigenvalue weighted by Crippen LogP contribution is 2.31. The number of hydrogen-bond donors (Lipinski definition) is 0. The Hall–Kier alpha value is -3.35. The van der Waals surface area contributed by atoms with Crippen LogP contribution in [0.3, 0.4) is 0 Å². The molecule has 0 aliphatic carbocycles. The van der Waals surface area contributed by atoms with Gasteiger partial charge in [0, 0.05) is 10.4 Å². The number of rotatable bonds is 4. The summed E-state index contributed by atoms with van der Waals surface area (Å²) in [6, 6.07) is 26.9. The quantitative estimate of drug-likeness (QED) is 0.239. The number of thiazole rings is 1. The fourth-order valence-electron chi connectivity index (χ4n) is 3.79. The second-order valence-electron chi connectivity index (χ2n) is 7.84. The third-order valence-electron chi connectivity index (χ3n) is 5.50. The van der Waals surface area contributed by atoms with Crippen molar-refractivity contribution in [2.75, 3.05) is 0 Å². The molecule has 0 radical (unpaired) electrons. The lowest BCUT2D eigenvalue weighted by molar-refractivity contribution is -0.137. The van der Waals surface area contributed by atoms with Crippen LogP contribution in [0.2, 0.25) is 5.02 Å². The lowest BCUT2D eigenvalue weighted by Gasteiger charge is -2.11. The van der Waals surface area contributed by atoms with Gasteiger partial charge in [-0.1, -0.05) is 66.2 Å². The number of fused-ring (bicyclic) bond motifs is 1. The summed E-state index contributed by atoms with van der Waals surface area (Å²) in [5.74, 6) is 0. The van der Waals surface area contributed by atoms with Crippen molar-refractivity contribution in [3.63, 3.8) is 0 Å². The molecule has 1 heterocycles. The average Bonchev–Trinajstić information content (AvgIpc) is 3.21. The standard InChI is InChI=1S/C27H18ClF3N2S/c28-23-12-8-18(9-13-23)16-33-25(21-11-10-19-4-1-2-5-20(19)14-21)17-34-26(33)32-24-7-3-6-22(15-24)27(29,30)31/h1-15,17H,16H2. The molecule has 2 nitrogen and oxygen atoms in total. The van der Waals surface area contributed by atoms with Gasteiger partial charge in [0.15, 0.2) is 4.80 Å². The summed E-state index contributed by atoms with van der Waals surface area (Å²) in [5.41, 5.74) is 2.50. The molecule has 1 aromatic heterocycles. The topological polar surface area (TPSA) is 17.3 Å². The first kappa shape index (κ1) is 22.4. The lowest BCUT2D eigenvalue weighted by atomic mass is 10.1. The summed E-state index contributed by atoms with van der Waals surface area (Å²) in [5, 5.41) is 4.88. The highest BCUT2D eigenvalue weighted by Gasteiger charge is 2.30. The molecular formula is C27H18ClF3N2S. The molecular weight excluding hydrogens is 477 g/mol. The van der Waals surface area contributed by atoms with Gasteiger partial charge in [0.05, 0.1) is 23.5 Å². The van der Waals surface area contributed by atoms with Crippen LogP contribution in [0.15, 0.2) is 101 Å². The van der Waals surface area contributed by atoms with Gasteiger partial charge < -0.3 is 4.57 Å². The number of alkyl halides is 3. The summed E-state index contributed by atoms with van der Waals surface area (Å²) < 4.78 is 41.6. The lowest BCUT2D eigenvalue weighted by Crippen LogP contribution is -2.16. The minimum Gasteiger partial charge on any atom is -0.312 e. The number of benzene rings is 4. The molecule has 34 heavy (non-hydrogen) atoms. The predicted molar refractivity (Wildman–Crippen MR) is 132 cm³/mol. The smallest absolute Gasteiger partial charge is 0.312 e. The third kappa shape index (κ3) is 4.79. The maximum absolute atomic E-state index is 13.2. The number of halogens is 4. The third-order valence-corrected chi connectivity index (χ3v) is 6.61. The van der Waals surface area contributed by atoms with Gasteiger partial charge in [-0.25, -0.2) is 4.99 Å². The van der Waals surface area contributed by atoms with E-state index in [1.165, 1.54) is 17.4 Å². The monoisotopic (exact) mass is 494 g/mol. The van der Waals surface area contributed by atoms with Crippen LogP contribution < -0.4 is 4.80 Å². The van der Waals surface area contributed by atoms with Crippen molar-refractivity contribution in [1.82, 2.24) is 4.57 Å². The van der Waals surface area contributed by atoms with E-state index < -0.39 is 11.7 Å². The molecule has 4 aromatic carbocycles. The number of nitrogens with zero attached hydrogens (tertiary/aromatic N) is 2. The van der Waals surface area contributed by atoms with Gasteiger partial charge in [-0.2, -0.15) is 13.2 Å². The Balaban J connectivity index is 1.65. The Morgan fingerprint density at radius 3 is 2.35 bits per heavy atom. The van der Waals surface area contributed by atoms with Gasteiger partial charge in [0.25, 0.3) is 0 Å². The molecule has 0 amide bonds. The molecule has 5 aromatic rings. The second kappa shape index (κ2) is 9.12. The largest absolute Gasteiger partial charge is 0.416 e. The summed E-state index contributed by atoms with van der Waals surface area (Å²) >= 11 is 7.45. The van der Waals surface area contributed by atoms with Crippen LogP contribution in [0.5, 0.6) is 0 Å². The molecule has 170 valence electrons. The first-order valence-corrected chi connectivity index (χ1v) is 11.8. The van der Waals surface area contributed by atoms with E-state index in [1.54, 1.807) is 6.07 Å². The predicted octanol–water partition coefficient (Wildman–Crippen LogP) is 8.32. The highest BCUT2D eigenvalue weighted by atomic mass is 35.5. The molecule has 0 aliphatic rings. The Kier molecular flexibility index (Phi) is 6.02. The van der Waals surface area contributed by atoms with Gasteiger partial charge in [-0.3, -0.25) is 0 Å². The van der Waals surface area contributed by atoms with E-state index in [1.807, 2.05) is 46.3 Å². The van der Waals surface area contributed by atoms with Crippen LogP contribution in [0.4, 0.5) is 18.9 Å². The van der Waals surface area contributed by atoms with Crippen LogP contribution in [-0.2, 0) is 12.7 Å². The zero-order valence-corrected chi connectivity index (χ0v) is 19.3. The second-order valence-corrected chi connectivity index (χ2v) is 9.11. The summed E-state index contributed by atoms with van der Waals surface area (Å²) in [7, 11) is 0. The van der Waals surface area contributed by atoms with Crippen molar-refractivity contribution in [2.24, 2.45) is 4.99 Å². The van der Waals surface area contributed by atoms with Crippen molar-refractivity contribution < 1.29 is 13.2 Å². The number of aromatic nitrogens is 1. The molecule has 7 heteroatoms.